The Labute approximate surface area is 193 Å². The molecule has 33 heavy (non-hydrogen) atoms. The van der Waals surface area contributed by atoms with Gasteiger partial charge in [-0.05, 0) is 61.1 Å². The second kappa shape index (κ2) is 8.39. The van der Waals surface area contributed by atoms with E-state index in [1.165, 1.54) is 0 Å². The summed E-state index contributed by atoms with van der Waals surface area (Å²) >= 11 is 0. The van der Waals surface area contributed by atoms with Crippen molar-refractivity contribution in [1.82, 2.24) is 24.5 Å². The van der Waals surface area contributed by atoms with Crippen LogP contribution in [0.15, 0.2) is 61.1 Å². The maximum absolute atomic E-state index is 12.9. The second-order valence-corrected chi connectivity index (χ2v) is 9.52. The molecule has 1 atom stereocenters. The lowest BCUT2D eigenvalue weighted by Crippen LogP contribution is -2.36. The monoisotopic (exact) mass is 443 g/mol. The molecule has 5 rings (SSSR count). The number of aryl methyl sites for hydroxylation is 1. The van der Waals surface area contributed by atoms with Crippen LogP contribution in [0.1, 0.15) is 49.7 Å². The van der Waals surface area contributed by atoms with E-state index >= 15 is 0 Å². The van der Waals surface area contributed by atoms with Gasteiger partial charge in [0.05, 0.1) is 36.4 Å². The number of amides is 1. The van der Waals surface area contributed by atoms with E-state index in [0.29, 0.717) is 12.8 Å². The minimum absolute atomic E-state index is 0.0397. The normalized spacial score (nSPS) is 17.0. The van der Waals surface area contributed by atoms with Gasteiger partial charge in [0.1, 0.15) is 11.4 Å². The maximum Gasteiger partial charge on any atom is 0.220 e. The van der Waals surface area contributed by atoms with Crippen LogP contribution in [-0.4, -0.2) is 32.2 Å². The van der Waals surface area contributed by atoms with Gasteiger partial charge in [0, 0.05) is 24.4 Å². The van der Waals surface area contributed by atoms with Crippen LogP contribution in [0.3, 0.4) is 0 Å². The first-order valence-electron chi connectivity index (χ1n) is 11.3. The number of aromatic nitrogens is 4. The predicted octanol–water partition coefficient (Wildman–Crippen LogP) is 4.29. The van der Waals surface area contributed by atoms with Gasteiger partial charge in [0.15, 0.2) is 0 Å². The van der Waals surface area contributed by atoms with Gasteiger partial charge in [-0.2, -0.15) is 5.10 Å². The van der Waals surface area contributed by atoms with E-state index in [1.54, 1.807) is 7.11 Å². The third-order valence-corrected chi connectivity index (χ3v) is 6.35. The quantitative estimate of drug-likeness (QED) is 0.482. The molecule has 3 aromatic heterocycles. The zero-order valence-corrected chi connectivity index (χ0v) is 19.3. The Balaban J connectivity index is 1.32. The fourth-order valence-electron chi connectivity index (χ4n) is 4.73. The summed E-state index contributed by atoms with van der Waals surface area (Å²) in [6, 6.07) is 13.8. The van der Waals surface area contributed by atoms with Crippen molar-refractivity contribution in [3.05, 3.63) is 78.0 Å². The lowest BCUT2D eigenvalue weighted by molar-refractivity contribution is -0.122. The van der Waals surface area contributed by atoms with Crippen LogP contribution in [0.2, 0.25) is 0 Å². The molecule has 1 aromatic carbocycles. The number of benzene rings is 1. The third-order valence-electron chi connectivity index (χ3n) is 6.35. The number of nitrogens with one attached hydrogen (secondary N) is 1. The predicted molar refractivity (Wildman–Crippen MR) is 127 cm³/mol. The lowest BCUT2D eigenvalue weighted by Gasteiger charge is -2.36. The Kier molecular flexibility index (Phi) is 5.40. The molecule has 0 fully saturated rings. The number of rotatable bonds is 6. The molecule has 3 heterocycles. The molecule has 7 heteroatoms. The summed E-state index contributed by atoms with van der Waals surface area (Å²) in [7, 11) is 1.66. The molecule has 0 saturated carbocycles. The first kappa shape index (κ1) is 21.2. The molecule has 1 aliphatic carbocycles. The Morgan fingerprint density at radius 1 is 1.21 bits per heavy atom. The summed E-state index contributed by atoms with van der Waals surface area (Å²) in [5, 5.41) is 7.95. The molecule has 1 N–H and O–H groups in total. The minimum atomic E-state index is -0.0516. The fraction of sp³-hybridized carbons (Fsp3) is 0.346. The zero-order chi connectivity index (χ0) is 23.0. The number of fused-ring (bicyclic) bond motifs is 2. The maximum atomic E-state index is 12.9. The van der Waals surface area contributed by atoms with Crippen molar-refractivity contribution in [2.45, 2.75) is 45.6 Å². The van der Waals surface area contributed by atoms with Crippen LogP contribution in [0.5, 0.6) is 5.75 Å². The summed E-state index contributed by atoms with van der Waals surface area (Å²) in [6.45, 7) is 4.49. The molecular formula is C26H29N5O2. The summed E-state index contributed by atoms with van der Waals surface area (Å²) in [5.74, 6) is 0.855. The van der Waals surface area contributed by atoms with Gasteiger partial charge in [-0.25, -0.2) is 9.67 Å². The van der Waals surface area contributed by atoms with E-state index in [9.17, 15) is 4.79 Å². The summed E-state index contributed by atoms with van der Waals surface area (Å²) in [6.07, 6.45) is 8.67. The van der Waals surface area contributed by atoms with Gasteiger partial charge in [0.25, 0.3) is 0 Å². The van der Waals surface area contributed by atoms with Gasteiger partial charge < -0.3 is 14.5 Å². The van der Waals surface area contributed by atoms with Crippen LogP contribution in [0.4, 0.5) is 0 Å². The van der Waals surface area contributed by atoms with Crippen molar-refractivity contribution in [2.75, 3.05) is 7.11 Å². The van der Waals surface area contributed by atoms with Crippen LogP contribution < -0.4 is 10.1 Å². The molecule has 0 radical (unpaired) electrons. The highest BCUT2D eigenvalue weighted by Crippen LogP contribution is 2.41. The first-order valence-corrected chi connectivity index (χ1v) is 11.3. The van der Waals surface area contributed by atoms with Crippen LogP contribution >= 0.6 is 0 Å². The van der Waals surface area contributed by atoms with Gasteiger partial charge >= 0.3 is 0 Å². The van der Waals surface area contributed by atoms with Crippen molar-refractivity contribution in [3.8, 4) is 11.4 Å². The zero-order valence-electron chi connectivity index (χ0n) is 19.3. The third kappa shape index (κ3) is 4.35. The topological polar surface area (TPSA) is 73.5 Å². The highest BCUT2D eigenvalue weighted by Gasteiger charge is 2.36. The average molecular weight is 444 g/mol. The first-order chi connectivity index (χ1) is 15.9. The molecule has 0 unspecified atom stereocenters. The van der Waals surface area contributed by atoms with Gasteiger partial charge in [-0.3, -0.25) is 4.79 Å². The van der Waals surface area contributed by atoms with E-state index in [-0.39, 0.29) is 17.4 Å². The Morgan fingerprint density at radius 3 is 2.79 bits per heavy atom. The van der Waals surface area contributed by atoms with E-state index < -0.39 is 0 Å². The number of carbonyl (C=O) groups excluding carboxylic acids is 1. The van der Waals surface area contributed by atoms with Crippen LogP contribution in [0.25, 0.3) is 11.3 Å². The number of pyridine rings is 1. The lowest BCUT2D eigenvalue weighted by atomic mass is 9.74. The van der Waals surface area contributed by atoms with E-state index in [1.807, 2.05) is 70.1 Å². The molecule has 170 valence electrons. The highest BCUT2D eigenvalue weighted by molar-refractivity contribution is 5.76. The van der Waals surface area contributed by atoms with E-state index in [4.69, 9.17) is 4.74 Å². The number of hydrogen-bond acceptors (Lipinski definition) is 4. The second-order valence-electron chi connectivity index (χ2n) is 9.52. The molecule has 0 saturated heterocycles. The smallest absolute Gasteiger partial charge is 0.220 e. The summed E-state index contributed by atoms with van der Waals surface area (Å²) in [5.41, 5.74) is 5.13. The standard InChI is InChI=1S/C26H29N5O2/c1-26(2)14-22(29-25(32)12-7-18-17-30-13-5-4-6-24(30)28-18)21-16-27-31(23(21)15-26)19-8-10-20(33-3)11-9-19/h4-6,8-11,13,16-17,22H,7,12,14-15H2,1-3H3,(H,29,32)/t22-/m0/s1. The van der Waals surface area contributed by atoms with Crippen molar-refractivity contribution >= 4 is 11.6 Å². The largest absolute Gasteiger partial charge is 0.497 e. The average Bonchev–Trinajstić information content (AvgIpc) is 3.41. The van der Waals surface area contributed by atoms with E-state index in [2.05, 4.69) is 29.2 Å². The Bertz CT molecular complexity index is 1250. The number of hydrogen-bond donors (Lipinski definition) is 1. The number of nitrogens with zero attached hydrogens (tertiary/aromatic N) is 4. The summed E-state index contributed by atoms with van der Waals surface area (Å²) < 4.78 is 9.26. The highest BCUT2D eigenvalue weighted by atomic mass is 16.5. The molecule has 4 aromatic rings. The minimum Gasteiger partial charge on any atom is -0.497 e. The fourth-order valence-corrected chi connectivity index (χ4v) is 4.73. The number of carbonyl (C=O) groups is 1. The van der Waals surface area contributed by atoms with Gasteiger partial charge in [0.2, 0.25) is 5.91 Å². The number of imidazole rings is 1. The molecule has 0 bridgehead atoms. The summed E-state index contributed by atoms with van der Waals surface area (Å²) in [4.78, 5) is 17.5. The molecule has 1 aliphatic rings. The van der Waals surface area contributed by atoms with Crippen molar-refractivity contribution in [3.63, 3.8) is 0 Å². The van der Waals surface area contributed by atoms with Crippen LogP contribution in [-0.2, 0) is 17.6 Å². The van der Waals surface area contributed by atoms with Crippen molar-refractivity contribution < 1.29 is 9.53 Å². The van der Waals surface area contributed by atoms with Crippen molar-refractivity contribution in [2.24, 2.45) is 5.41 Å². The number of methoxy groups -OCH3 is 1. The molecule has 7 nitrogen and oxygen atoms in total. The Morgan fingerprint density at radius 2 is 2.03 bits per heavy atom. The van der Waals surface area contributed by atoms with Crippen molar-refractivity contribution in [1.29, 1.82) is 0 Å². The van der Waals surface area contributed by atoms with Crippen LogP contribution in [0, 0.1) is 5.41 Å². The number of ether oxygens (including phenoxy) is 1. The molecule has 0 spiro atoms. The molecular weight excluding hydrogens is 414 g/mol. The van der Waals surface area contributed by atoms with Gasteiger partial charge in [-0.1, -0.05) is 19.9 Å². The SMILES string of the molecule is COc1ccc(-n2ncc3c2CC(C)(C)C[C@@H]3NC(=O)CCc2cn3ccccc3n2)cc1. The van der Waals surface area contributed by atoms with E-state index in [0.717, 1.165) is 46.9 Å². The molecule has 1 amide bonds. The molecule has 0 aliphatic heterocycles. The Hall–Kier alpha value is -3.61. The van der Waals surface area contributed by atoms with Gasteiger partial charge in [-0.15, -0.1) is 0 Å².